The van der Waals surface area contributed by atoms with Crippen molar-refractivity contribution in [2.75, 3.05) is 14.2 Å². The second-order valence-electron chi connectivity index (χ2n) is 6.34. The maximum Gasteiger partial charge on any atom is 0.323 e. The van der Waals surface area contributed by atoms with Crippen LogP contribution < -0.4 is 10.1 Å². The highest BCUT2D eigenvalue weighted by atomic mass is 35.5. The molecule has 0 unspecified atom stereocenters. The van der Waals surface area contributed by atoms with E-state index in [1.807, 2.05) is 36.4 Å². The van der Waals surface area contributed by atoms with Crippen LogP contribution >= 0.6 is 11.6 Å². The number of halogens is 1. The number of ether oxygens (including phenoxy) is 2. The van der Waals surface area contributed by atoms with E-state index in [0.29, 0.717) is 17.2 Å². The molecule has 1 aliphatic heterocycles. The summed E-state index contributed by atoms with van der Waals surface area (Å²) in [5.74, 6) is 0.346. The van der Waals surface area contributed by atoms with E-state index in [9.17, 15) is 4.79 Å². The van der Waals surface area contributed by atoms with Crippen LogP contribution in [-0.2, 0) is 16.0 Å². The first-order valence-electron chi connectivity index (χ1n) is 8.39. The van der Waals surface area contributed by atoms with Gasteiger partial charge in [0.2, 0.25) is 0 Å². The molecule has 2 aromatic carbocycles. The fraction of sp³-hybridized carbons (Fsp3) is 0.250. The first-order valence-corrected chi connectivity index (χ1v) is 8.77. The Morgan fingerprint density at radius 1 is 1.19 bits per heavy atom. The molecule has 0 saturated heterocycles. The fourth-order valence-corrected chi connectivity index (χ4v) is 3.92. The molecule has 1 aliphatic rings. The fourth-order valence-electron chi connectivity index (χ4n) is 3.65. The van der Waals surface area contributed by atoms with Gasteiger partial charge < -0.3 is 14.5 Å². The van der Waals surface area contributed by atoms with Gasteiger partial charge in [-0.05, 0) is 29.3 Å². The van der Waals surface area contributed by atoms with E-state index in [-0.39, 0.29) is 12.0 Å². The predicted molar refractivity (Wildman–Crippen MR) is 101 cm³/mol. The number of methoxy groups -OCH3 is 2. The first-order chi connectivity index (χ1) is 12.6. The van der Waals surface area contributed by atoms with Crippen LogP contribution in [-0.4, -0.2) is 31.2 Å². The lowest BCUT2D eigenvalue weighted by Gasteiger charge is -2.30. The summed E-state index contributed by atoms with van der Waals surface area (Å²) in [6.07, 6.45) is 0.576. The number of nitrogens with one attached hydrogen (secondary N) is 2. The Morgan fingerprint density at radius 2 is 2.00 bits per heavy atom. The smallest absolute Gasteiger partial charge is 0.323 e. The Morgan fingerprint density at radius 3 is 2.73 bits per heavy atom. The molecular weight excluding hydrogens is 352 g/mol. The Labute approximate surface area is 156 Å². The largest absolute Gasteiger partial charge is 0.495 e. The number of carbonyl (C=O) groups is 1. The van der Waals surface area contributed by atoms with E-state index in [2.05, 4.69) is 16.4 Å². The van der Waals surface area contributed by atoms with Crippen molar-refractivity contribution in [1.82, 2.24) is 10.3 Å². The topological polar surface area (TPSA) is 63.4 Å². The standard InChI is InChI=1S/C20H19ClN2O3/c1-25-17-8-7-11(9-14(17)21)18-19-13(10-16(23-18)20(24)26-2)12-5-3-4-6-15(12)22-19/h3-9,16,18,22-23H,10H2,1-2H3/t16-,18-/m1/s1. The van der Waals surface area contributed by atoms with Crippen LogP contribution in [0.1, 0.15) is 22.9 Å². The van der Waals surface area contributed by atoms with Crippen molar-refractivity contribution in [2.45, 2.75) is 18.5 Å². The predicted octanol–water partition coefficient (Wildman–Crippen LogP) is 3.61. The van der Waals surface area contributed by atoms with Gasteiger partial charge in [0, 0.05) is 23.0 Å². The lowest BCUT2D eigenvalue weighted by molar-refractivity contribution is -0.143. The van der Waals surface area contributed by atoms with Crippen LogP contribution in [0.15, 0.2) is 42.5 Å². The van der Waals surface area contributed by atoms with Gasteiger partial charge >= 0.3 is 5.97 Å². The van der Waals surface area contributed by atoms with Crippen LogP contribution in [0.5, 0.6) is 5.75 Å². The average molecular weight is 371 g/mol. The van der Waals surface area contributed by atoms with Gasteiger partial charge in [0.25, 0.3) is 0 Å². The molecule has 134 valence electrons. The number of rotatable bonds is 3. The number of carbonyl (C=O) groups excluding carboxylic acids is 1. The summed E-state index contributed by atoms with van der Waals surface area (Å²) in [6, 6.07) is 13.2. The summed E-state index contributed by atoms with van der Waals surface area (Å²) in [6.45, 7) is 0. The summed E-state index contributed by atoms with van der Waals surface area (Å²) in [5.41, 5.74) is 4.19. The molecule has 0 saturated carbocycles. The second kappa shape index (κ2) is 6.67. The minimum atomic E-state index is -0.419. The molecule has 3 aromatic rings. The maximum atomic E-state index is 12.2. The minimum Gasteiger partial charge on any atom is -0.495 e. The van der Waals surface area contributed by atoms with Crippen molar-refractivity contribution in [3.63, 3.8) is 0 Å². The number of fused-ring (bicyclic) bond motifs is 3. The van der Waals surface area contributed by atoms with Gasteiger partial charge in [-0.25, -0.2) is 0 Å². The number of hydrogen-bond donors (Lipinski definition) is 2. The normalized spacial score (nSPS) is 19.2. The van der Waals surface area contributed by atoms with Crippen LogP contribution in [0.4, 0.5) is 0 Å². The van der Waals surface area contributed by atoms with E-state index < -0.39 is 6.04 Å². The number of aromatic nitrogens is 1. The number of para-hydroxylation sites is 1. The van der Waals surface area contributed by atoms with E-state index in [1.165, 1.54) is 7.11 Å². The van der Waals surface area contributed by atoms with Gasteiger partial charge in [-0.3, -0.25) is 10.1 Å². The summed E-state index contributed by atoms with van der Waals surface area (Å²) in [7, 11) is 3.00. The maximum absolute atomic E-state index is 12.2. The molecule has 0 spiro atoms. The molecule has 1 aromatic heterocycles. The molecule has 0 bridgehead atoms. The monoisotopic (exact) mass is 370 g/mol. The molecule has 6 heteroatoms. The molecule has 0 aliphatic carbocycles. The molecule has 0 radical (unpaired) electrons. The summed E-state index contributed by atoms with van der Waals surface area (Å²) in [4.78, 5) is 15.7. The van der Waals surface area contributed by atoms with Crippen molar-refractivity contribution >= 4 is 28.5 Å². The third-order valence-corrected chi connectivity index (χ3v) is 5.20. The van der Waals surface area contributed by atoms with Crippen molar-refractivity contribution < 1.29 is 14.3 Å². The van der Waals surface area contributed by atoms with Gasteiger partial charge in [-0.2, -0.15) is 0 Å². The summed E-state index contributed by atoms with van der Waals surface area (Å²) in [5, 5.41) is 5.06. The van der Waals surface area contributed by atoms with Crippen LogP contribution in [0.2, 0.25) is 5.02 Å². The number of esters is 1. The summed E-state index contributed by atoms with van der Waals surface area (Å²) >= 11 is 6.33. The molecule has 0 amide bonds. The second-order valence-corrected chi connectivity index (χ2v) is 6.74. The van der Waals surface area contributed by atoms with Gasteiger partial charge in [0.05, 0.1) is 25.3 Å². The zero-order chi connectivity index (χ0) is 18.3. The highest BCUT2D eigenvalue weighted by Crippen LogP contribution is 2.37. The molecule has 2 atom stereocenters. The minimum absolute atomic E-state index is 0.196. The van der Waals surface area contributed by atoms with Gasteiger partial charge in [0.1, 0.15) is 11.8 Å². The van der Waals surface area contributed by atoms with Gasteiger partial charge in [-0.15, -0.1) is 0 Å². The molecule has 2 N–H and O–H groups in total. The molecule has 0 fully saturated rings. The molecule has 26 heavy (non-hydrogen) atoms. The van der Waals surface area contributed by atoms with E-state index in [4.69, 9.17) is 21.1 Å². The Kier molecular flexibility index (Phi) is 4.34. The Balaban J connectivity index is 1.86. The van der Waals surface area contributed by atoms with Crippen LogP contribution in [0, 0.1) is 0 Å². The SMILES string of the molecule is COC(=O)[C@H]1Cc2c([nH]c3ccccc23)[C@@H](c2ccc(OC)c(Cl)c2)N1. The van der Waals surface area contributed by atoms with E-state index in [1.54, 1.807) is 7.11 Å². The number of H-pyrrole nitrogens is 1. The average Bonchev–Trinajstić information content (AvgIpc) is 3.05. The van der Waals surface area contributed by atoms with Crippen molar-refractivity contribution in [3.8, 4) is 5.75 Å². The molecule has 5 nitrogen and oxygen atoms in total. The zero-order valence-corrected chi connectivity index (χ0v) is 15.3. The number of benzene rings is 2. The molecule has 4 rings (SSSR count). The van der Waals surface area contributed by atoms with E-state index >= 15 is 0 Å². The van der Waals surface area contributed by atoms with Crippen molar-refractivity contribution in [3.05, 3.63) is 64.3 Å². The highest BCUT2D eigenvalue weighted by molar-refractivity contribution is 6.32. The third kappa shape index (κ3) is 2.73. The number of aromatic amines is 1. The van der Waals surface area contributed by atoms with Crippen molar-refractivity contribution in [1.29, 1.82) is 0 Å². The lowest BCUT2D eigenvalue weighted by Crippen LogP contribution is -2.45. The van der Waals surface area contributed by atoms with Crippen LogP contribution in [0.25, 0.3) is 10.9 Å². The Hall–Kier alpha value is -2.50. The highest BCUT2D eigenvalue weighted by Gasteiger charge is 2.34. The number of hydrogen-bond acceptors (Lipinski definition) is 4. The van der Waals surface area contributed by atoms with Crippen LogP contribution in [0.3, 0.4) is 0 Å². The zero-order valence-electron chi connectivity index (χ0n) is 14.5. The van der Waals surface area contributed by atoms with Gasteiger partial charge in [-0.1, -0.05) is 35.9 Å². The first kappa shape index (κ1) is 16.9. The van der Waals surface area contributed by atoms with Gasteiger partial charge in [0.15, 0.2) is 0 Å². The quantitative estimate of drug-likeness (QED) is 0.691. The lowest BCUT2D eigenvalue weighted by atomic mass is 9.90. The third-order valence-electron chi connectivity index (χ3n) is 4.91. The molecule has 2 heterocycles. The summed E-state index contributed by atoms with van der Waals surface area (Å²) < 4.78 is 10.2. The molecular formula is C20H19ClN2O3. The Bertz CT molecular complexity index is 982. The van der Waals surface area contributed by atoms with E-state index in [0.717, 1.165) is 27.7 Å². The van der Waals surface area contributed by atoms with Crippen molar-refractivity contribution in [2.24, 2.45) is 0 Å².